The highest BCUT2D eigenvalue weighted by Crippen LogP contribution is 2.63. The number of hydrogen-bond donors (Lipinski definition) is 1. The van der Waals surface area contributed by atoms with Crippen molar-refractivity contribution in [1.29, 1.82) is 0 Å². The topological polar surface area (TPSA) is 125 Å². The van der Waals surface area contributed by atoms with Gasteiger partial charge in [0.2, 0.25) is 0 Å². The Morgan fingerprint density at radius 3 is 2.58 bits per heavy atom. The molecule has 0 radical (unpaired) electrons. The van der Waals surface area contributed by atoms with Crippen molar-refractivity contribution in [3.8, 4) is 0 Å². The SMILES string of the molecule is COC(=O)[C@H]1O[C@H]2c3cc(C4=CC(=O)O[C@@H](c5ccoc5)[C@]4(C)CCC(=O)O)oc3[C@H](C)[C@@H]1C2(C)C. The van der Waals surface area contributed by atoms with E-state index in [0.29, 0.717) is 22.7 Å². The van der Waals surface area contributed by atoms with Crippen LogP contribution in [0.4, 0.5) is 0 Å². The summed E-state index contributed by atoms with van der Waals surface area (Å²) in [6.45, 7) is 8.01. The summed E-state index contributed by atoms with van der Waals surface area (Å²) in [6.07, 6.45) is 2.59. The molecule has 36 heavy (non-hydrogen) atoms. The Kier molecular flexibility index (Phi) is 5.66. The monoisotopic (exact) mass is 498 g/mol. The molecular formula is C27H30O9. The van der Waals surface area contributed by atoms with Crippen LogP contribution in [0.3, 0.4) is 0 Å². The van der Waals surface area contributed by atoms with Crippen LogP contribution in [-0.2, 0) is 28.6 Å². The van der Waals surface area contributed by atoms with Gasteiger partial charge in [0.1, 0.15) is 17.6 Å². The second kappa shape index (κ2) is 8.37. The molecule has 1 saturated heterocycles. The van der Waals surface area contributed by atoms with Gasteiger partial charge in [-0.1, -0.05) is 27.7 Å². The third kappa shape index (κ3) is 3.51. The average molecular weight is 499 g/mol. The van der Waals surface area contributed by atoms with E-state index < -0.39 is 41.6 Å². The van der Waals surface area contributed by atoms with Crippen molar-refractivity contribution < 1.29 is 42.5 Å². The van der Waals surface area contributed by atoms with Gasteiger partial charge in [0.25, 0.3) is 0 Å². The fraction of sp³-hybridized carbons (Fsp3) is 0.519. The van der Waals surface area contributed by atoms with Gasteiger partial charge in [0, 0.05) is 51.9 Å². The van der Waals surface area contributed by atoms with Crippen LogP contribution >= 0.6 is 0 Å². The maximum Gasteiger partial charge on any atom is 0.335 e. The minimum atomic E-state index is -0.952. The third-order valence-electron chi connectivity index (χ3n) is 8.26. The number of furan rings is 2. The summed E-state index contributed by atoms with van der Waals surface area (Å²) in [7, 11) is 1.35. The van der Waals surface area contributed by atoms with Crippen LogP contribution in [0.2, 0.25) is 0 Å². The van der Waals surface area contributed by atoms with Gasteiger partial charge >= 0.3 is 17.9 Å². The molecule has 1 fully saturated rings. The highest BCUT2D eigenvalue weighted by Gasteiger charge is 2.61. The van der Waals surface area contributed by atoms with Gasteiger partial charge in [-0.15, -0.1) is 0 Å². The van der Waals surface area contributed by atoms with Crippen LogP contribution in [0, 0.1) is 16.7 Å². The maximum absolute atomic E-state index is 12.7. The molecule has 5 rings (SSSR count). The molecule has 3 aliphatic rings. The molecule has 2 bridgehead atoms. The molecule has 0 spiro atoms. The zero-order chi connectivity index (χ0) is 26.0. The van der Waals surface area contributed by atoms with Crippen LogP contribution < -0.4 is 0 Å². The number of esters is 2. The van der Waals surface area contributed by atoms with Crippen molar-refractivity contribution >= 4 is 23.5 Å². The van der Waals surface area contributed by atoms with Gasteiger partial charge in [-0.2, -0.15) is 0 Å². The van der Waals surface area contributed by atoms with Crippen LogP contribution in [0.15, 0.2) is 39.6 Å². The molecule has 6 atom stereocenters. The lowest BCUT2D eigenvalue weighted by atomic mass is 9.62. The van der Waals surface area contributed by atoms with E-state index in [0.717, 1.165) is 5.56 Å². The minimum Gasteiger partial charge on any atom is -0.481 e. The van der Waals surface area contributed by atoms with E-state index in [1.54, 1.807) is 6.07 Å². The van der Waals surface area contributed by atoms with Crippen LogP contribution in [0.1, 0.15) is 81.3 Å². The Hall–Kier alpha value is -3.33. The quantitative estimate of drug-likeness (QED) is 0.559. The molecule has 9 heteroatoms. The Morgan fingerprint density at radius 1 is 1.19 bits per heavy atom. The number of aliphatic carboxylic acids is 1. The molecule has 0 amide bonds. The first-order valence-electron chi connectivity index (χ1n) is 12.0. The summed E-state index contributed by atoms with van der Waals surface area (Å²) in [4.78, 5) is 36.7. The lowest BCUT2D eigenvalue weighted by molar-refractivity contribution is -0.155. The average Bonchev–Trinajstić information content (AvgIpc) is 3.54. The molecule has 1 N–H and O–H groups in total. The number of methoxy groups -OCH3 is 1. The van der Waals surface area contributed by atoms with Crippen LogP contribution in [0.25, 0.3) is 5.57 Å². The van der Waals surface area contributed by atoms with Gasteiger partial charge < -0.3 is 28.2 Å². The first-order valence-corrected chi connectivity index (χ1v) is 12.0. The maximum atomic E-state index is 12.7. The molecule has 2 aromatic heterocycles. The van der Waals surface area contributed by atoms with E-state index >= 15 is 0 Å². The zero-order valence-electron chi connectivity index (χ0n) is 20.9. The summed E-state index contributed by atoms with van der Waals surface area (Å²) in [6, 6.07) is 3.57. The van der Waals surface area contributed by atoms with E-state index in [1.807, 2.05) is 19.9 Å². The lowest BCUT2D eigenvalue weighted by Crippen LogP contribution is -2.38. The van der Waals surface area contributed by atoms with E-state index in [-0.39, 0.29) is 30.1 Å². The Bertz CT molecular complexity index is 1230. The highest BCUT2D eigenvalue weighted by molar-refractivity contribution is 5.94. The summed E-state index contributed by atoms with van der Waals surface area (Å²) >= 11 is 0. The van der Waals surface area contributed by atoms with E-state index in [9.17, 15) is 19.5 Å². The van der Waals surface area contributed by atoms with Gasteiger partial charge in [0.05, 0.1) is 25.7 Å². The number of carbonyl (C=O) groups is 3. The molecule has 4 heterocycles. The molecule has 9 nitrogen and oxygen atoms in total. The Balaban J connectivity index is 1.60. The predicted molar refractivity (Wildman–Crippen MR) is 125 cm³/mol. The molecule has 2 aromatic rings. The molecular weight excluding hydrogens is 468 g/mol. The molecule has 192 valence electrons. The number of carboxylic acids is 1. The Labute approximate surface area is 208 Å². The summed E-state index contributed by atoms with van der Waals surface area (Å²) in [5, 5.41) is 9.45. The van der Waals surface area contributed by atoms with Gasteiger partial charge in [-0.25, -0.2) is 9.59 Å². The number of hydrogen-bond acceptors (Lipinski definition) is 8. The van der Waals surface area contributed by atoms with Crippen molar-refractivity contribution in [3.63, 3.8) is 0 Å². The van der Waals surface area contributed by atoms with Crippen LogP contribution in [-0.4, -0.2) is 36.2 Å². The largest absolute Gasteiger partial charge is 0.481 e. The molecule has 0 aromatic carbocycles. The van der Waals surface area contributed by atoms with Crippen molar-refractivity contribution in [3.05, 3.63) is 53.4 Å². The fourth-order valence-electron chi connectivity index (χ4n) is 6.50. The number of carboxylic acid groups (broad SMARTS) is 1. The summed E-state index contributed by atoms with van der Waals surface area (Å²) < 4.78 is 28.6. The minimum absolute atomic E-state index is 0.127. The van der Waals surface area contributed by atoms with Crippen molar-refractivity contribution in [2.24, 2.45) is 16.7 Å². The lowest BCUT2D eigenvalue weighted by Gasteiger charge is -2.40. The zero-order valence-corrected chi connectivity index (χ0v) is 20.9. The molecule has 0 saturated carbocycles. The first kappa shape index (κ1) is 24.4. The number of rotatable bonds is 6. The Morgan fingerprint density at radius 2 is 1.94 bits per heavy atom. The second-order valence-corrected chi connectivity index (χ2v) is 10.8. The number of ether oxygens (including phenoxy) is 3. The first-order chi connectivity index (χ1) is 17.0. The van der Waals surface area contributed by atoms with E-state index in [2.05, 4.69) is 13.8 Å². The fourth-order valence-corrected chi connectivity index (χ4v) is 6.50. The standard InChI is InChI=1S/C27H30O9/c1-13-20-22(25(31)32-5)36-24(26(20,2)3)15-10-17(34-21(13)15)16-11-19(30)35-23(14-7-9-33-12-14)27(16,4)8-6-18(28)29/h7,9-13,20,22-24H,6,8H2,1-5H3,(H,28,29)/t13-,20+,22+,23+,24+,27-/m1/s1. The summed E-state index contributed by atoms with van der Waals surface area (Å²) in [5.74, 6) is -1.06. The summed E-state index contributed by atoms with van der Waals surface area (Å²) in [5.41, 5.74) is 0.759. The van der Waals surface area contributed by atoms with Crippen molar-refractivity contribution in [2.75, 3.05) is 7.11 Å². The van der Waals surface area contributed by atoms with Crippen molar-refractivity contribution in [1.82, 2.24) is 0 Å². The molecule has 0 unspecified atom stereocenters. The van der Waals surface area contributed by atoms with E-state index in [4.69, 9.17) is 23.0 Å². The third-order valence-corrected chi connectivity index (χ3v) is 8.26. The second-order valence-electron chi connectivity index (χ2n) is 10.8. The highest BCUT2D eigenvalue weighted by atomic mass is 16.6. The van der Waals surface area contributed by atoms with Gasteiger partial charge in [-0.05, 0) is 18.6 Å². The van der Waals surface area contributed by atoms with Gasteiger partial charge in [0.15, 0.2) is 6.10 Å². The van der Waals surface area contributed by atoms with Crippen LogP contribution in [0.5, 0.6) is 0 Å². The smallest absolute Gasteiger partial charge is 0.335 e. The molecule has 1 aliphatic carbocycles. The normalized spacial score (nSPS) is 32.4. The van der Waals surface area contributed by atoms with Gasteiger partial charge in [-0.3, -0.25) is 4.79 Å². The number of fused-ring (bicyclic) bond motifs is 4. The number of carbonyl (C=O) groups excluding carboxylic acids is 2. The van der Waals surface area contributed by atoms with Crippen molar-refractivity contribution in [2.45, 2.75) is 64.8 Å². The number of cyclic esters (lactones) is 1. The molecule has 2 aliphatic heterocycles. The predicted octanol–water partition coefficient (Wildman–Crippen LogP) is 4.80. The van der Waals surface area contributed by atoms with E-state index in [1.165, 1.54) is 25.7 Å².